The van der Waals surface area contributed by atoms with Crippen LogP contribution in [-0.4, -0.2) is 0 Å². The quantitative estimate of drug-likeness (QED) is 0.152. The third-order valence-corrected chi connectivity index (χ3v) is 17.9. The number of hydrogen-bond acceptors (Lipinski definition) is 11. The van der Waals surface area contributed by atoms with Crippen LogP contribution in [0, 0.1) is 125 Å². The first-order valence-electron chi connectivity index (χ1n) is 24.1. The number of halogens is 3. The minimum absolute atomic E-state index is 0.486. The molecule has 0 aromatic carbocycles. The lowest BCUT2D eigenvalue weighted by atomic mass is 10.2. The van der Waals surface area contributed by atoms with Gasteiger partial charge < -0.3 is 17.7 Å². The van der Waals surface area contributed by atoms with Gasteiger partial charge in [0.15, 0.2) is 5.22 Å². The van der Waals surface area contributed by atoms with Crippen LogP contribution < -0.4 is 0 Å². The molecule has 11 rings (SSSR count). The van der Waals surface area contributed by atoms with Crippen molar-refractivity contribution in [2.45, 2.75) is 125 Å². The summed E-state index contributed by atoms with van der Waals surface area (Å²) in [6.07, 6.45) is 4.83. The average Bonchev–Trinajstić information content (AvgIpc) is 4.21. The molecule has 11 aromatic heterocycles. The lowest BCUT2D eigenvalue weighted by molar-refractivity contribution is 0.502. The zero-order valence-corrected chi connectivity index (χ0v) is 55.4. The molecule has 4 nitrogen and oxygen atoms in total. The van der Waals surface area contributed by atoms with Crippen molar-refractivity contribution in [3.8, 4) is 0 Å². The molecule has 11 aromatic rings. The topological polar surface area (TPSA) is 52.6 Å². The second-order valence-corrected chi connectivity index (χ2v) is 25.7. The largest absolute Gasteiger partial charge is 0.469 e. The van der Waals surface area contributed by atoms with E-state index >= 15 is 0 Å². The highest BCUT2D eigenvalue weighted by molar-refractivity contribution is 7.12. The molecule has 0 spiro atoms. The van der Waals surface area contributed by atoms with E-state index in [0.29, 0.717) is 10.2 Å². The maximum absolute atomic E-state index is 5.63. The Morgan fingerprint density at radius 3 is 1.01 bits per heavy atom. The van der Waals surface area contributed by atoms with E-state index in [9.17, 15) is 0 Å². The van der Waals surface area contributed by atoms with Crippen LogP contribution in [0.15, 0.2) is 152 Å². The van der Waals surface area contributed by atoms with Gasteiger partial charge in [0, 0.05) is 34.8 Å². The molecule has 412 valence electrons. The van der Waals surface area contributed by atoms with E-state index in [4.69, 9.17) is 52.5 Å². The van der Waals surface area contributed by atoms with Crippen molar-refractivity contribution in [2.75, 3.05) is 0 Å². The molecule has 0 saturated carbocycles. The van der Waals surface area contributed by atoms with Crippen LogP contribution in [0.1, 0.15) is 96.8 Å². The van der Waals surface area contributed by atoms with Gasteiger partial charge in [-0.25, -0.2) is 0 Å². The normalized spacial score (nSPS) is 9.38. The molecule has 76 heavy (non-hydrogen) atoms. The van der Waals surface area contributed by atoms with Gasteiger partial charge in [-0.2, -0.15) is 22.7 Å². The van der Waals surface area contributed by atoms with Gasteiger partial charge in [0.1, 0.15) is 23.0 Å². The molecule has 0 saturated heterocycles. The molecule has 14 heteroatoms. The van der Waals surface area contributed by atoms with Crippen molar-refractivity contribution < 1.29 is 17.7 Å². The predicted molar refractivity (Wildman–Crippen MR) is 345 cm³/mol. The Hall–Kier alpha value is -4.11. The van der Waals surface area contributed by atoms with E-state index < -0.39 is 0 Å². The maximum atomic E-state index is 5.63. The summed E-state index contributed by atoms with van der Waals surface area (Å²) in [6.45, 7) is 36.9. The second kappa shape index (κ2) is 40.1. The molecule has 11 heterocycles. The van der Waals surface area contributed by atoms with Crippen molar-refractivity contribution in [3.63, 3.8) is 0 Å². The molecule has 0 atom stereocenters. The third-order valence-electron chi connectivity index (χ3n) is 10.3. The molecule has 0 radical (unpaired) electrons. The van der Waals surface area contributed by atoms with Crippen molar-refractivity contribution in [3.05, 3.63) is 247 Å². The molecule has 0 amide bonds. The smallest absolute Gasteiger partial charge is 0.195 e. The highest BCUT2D eigenvalue weighted by atomic mass is 35.5. The van der Waals surface area contributed by atoms with Crippen LogP contribution in [0.2, 0.25) is 15.3 Å². The molecule has 0 bridgehead atoms. The van der Waals surface area contributed by atoms with Gasteiger partial charge in [0.2, 0.25) is 0 Å². The van der Waals surface area contributed by atoms with E-state index in [0.717, 1.165) is 33.6 Å². The summed E-state index contributed by atoms with van der Waals surface area (Å²) >= 11 is 29.0. The summed E-state index contributed by atoms with van der Waals surface area (Å²) in [5.41, 5.74) is 10.4. The standard InChI is InChI=1S/C7H10O.C6H8O.4C6H8S.2C5H5ClO.C5H5ClS.2C5H6S/c1-5-4-6(2)8-7(5)3;1-5-3-4-7-6(5)2;1-5-3-7-4-6(5)2;2*1-5-3-4-7-6(5)2;1-5-3-4-6(2)7-5;1-4-5(6)2-3-7-4;1-4-2-3-7-5(4)6;1-4-5(6)2-3-7-4;1-5-2-3-6-4-5;1-5-3-2-4-6-5/h4H,1-3H3;5*3-4H,1-2H3;3*2-3H,1H3;2*2-4H,1H3. The van der Waals surface area contributed by atoms with Gasteiger partial charge in [0.25, 0.3) is 0 Å². The van der Waals surface area contributed by atoms with Gasteiger partial charge in [-0.15, -0.1) is 56.7 Å². The maximum Gasteiger partial charge on any atom is 0.195 e. The summed E-state index contributed by atoms with van der Waals surface area (Å²) < 4.78 is 19.7. The van der Waals surface area contributed by atoms with E-state index in [-0.39, 0.29) is 0 Å². The van der Waals surface area contributed by atoms with E-state index in [2.05, 4.69) is 149 Å². The van der Waals surface area contributed by atoms with Crippen molar-refractivity contribution in [1.82, 2.24) is 0 Å². The molecule has 0 aliphatic carbocycles. The van der Waals surface area contributed by atoms with Gasteiger partial charge in [-0.05, 0) is 285 Å². The Morgan fingerprint density at radius 2 is 0.882 bits per heavy atom. The highest BCUT2D eigenvalue weighted by Gasteiger charge is 1.96. The lowest BCUT2D eigenvalue weighted by Crippen LogP contribution is -1.63. The molecule has 0 aliphatic rings. The summed E-state index contributed by atoms with van der Waals surface area (Å²) in [5, 5.41) is 18.9. The number of furan rings is 4. The van der Waals surface area contributed by atoms with Gasteiger partial charge in [-0.1, -0.05) is 29.3 Å². The Balaban J connectivity index is 0.000000418. The SMILES string of the molecule is Cc1cc(C)c(C)o1.Cc1ccc(C)s1.Cc1cccs1.Cc1ccoc1C.Cc1ccoc1Cl.Cc1ccsc1.Cc1ccsc1C.Cc1ccsc1C.Cc1cscc1C.Cc1occc1Cl.Cc1sccc1Cl. The van der Waals surface area contributed by atoms with Crippen LogP contribution in [0.4, 0.5) is 0 Å². The van der Waals surface area contributed by atoms with Crippen LogP contribution in [0.25, 0.3) is 0 Å². The van der Waals surface area contributed by atoms with Crippen LogP contribution >= 0.6 is 114 Å². The van der Waals surface area contributed by atoms with E-state index in [1.54, 1.807) is 92.9 Å². The molecular weight excluding hydrogens is 1140 g/mol. The summed E-state index contributed by atoms with van der Waals surface area (Å²) in [7, 11) is 0. The van der Waals surface area contributed by atoms with E-state index in [1.165, 1.54) is 68.2 Å². The van der Waals surface area contributed by atoms with Gasteiger partial charge in [-0.3, -0.25) is 0 Å². The molecular formula is C62H77Cl3O4S7. The van der Waals surface area contributed by atoms with Gasteiger partial charge >= 0.3 is 0 Å². The minimum Gasteiger partial charge on any atom is -0.469 e. The first kappa shape index (κ1) is 69.9. The van der Waals surface area contributed by atoms with Crippen LogP contribution in [0.3, 0.4) is 0 Å². The van der Waals surface area contributed by atoms with Crippen LogP contribution in [0.5, 0.6) is 0 Å². The monoisotopic (exact) mass is 1210 g/mol. The molecule has 0 N–H and O–H groups in total. The van der Waals surface area contributed by atoms with E-state index in [1.807, 2.05) is 96.4 Å². The summed E-state index contributed by atoms with van der Waals surface area (Å²) in [4.78, 5) is 8.24. The molecule has 0 fully saturated rings. The van der Waals surface area contributed by atoms with Crippen molar-refractivity contribution >= 4 is 114 Å². The number of aryl methyl sites for hydroxylation is 18. The fraction of sp³-hybridized carbons (Fsp3) is 0.290. The number of rotatable bonds is 0. The zero-order valence-electron chi connectivity index (χ0n) is 47.4. The Morgan fingerprint density at radius 1 is 0.355 bits per heavy atom. The Kier molecular flexibility index (Phi) is 36.9. The highest BCUT2D eigenvalue weighted by Crippen LogP contribution is 2.20. The Labute approximate surface area is 498 Å². The minimum atomic E-state index is 0.486. The molecule has 0 unspecified atom stereocenters. The molecule has 0 aliphatic heterocycles. The lowest BCUT2D eigenvalue weighted by Gasteiger charge is -1.80. The Bertz CT molecular complexity index is 2530. The zero-order chi connectivity index (χ0) is 57.2. The first-order valence-corrected chi connectivity index (χ1v) is 31.4. The average molecular weight is 1220 g/mol. The van der Waals surface area contributed by atoms with Crippen molar-refractivity contribution in [1.29, 1.82) is 0 Å². The summed E-state index contributed by atoms with van der Waals surface area (Å²) in [6, 6.07) is 24.3. The fourth-order valence-electron chi connectivity index (χ4n) is 4.87. The van der Waals surface area contributed by atoms with Crippen molar-refractivity contribution in [2.24, 2.45) is 0 Å². The van der Waals surface area contributed by atoms with Gasteiger partial charge in [0.05, 0.1) is 28.8 Å². The predicted octanol–water partition coefficient (Wildman–Crippen LogP) is 24.9. The number of thiophene rings is 7. The van der Waals surface area contributed by atoms with Crippen LogP contribution in [-0.2, 0) is 0 Å². The third kappa shape index (κ3) is 32.6. The summed E-state index contributed by atoms with van der Waals surface area (Å²) in [5.74, 6) is 3.82. The first-order chi connectivity index (χ1) is 35.9. The fourth-order valence-corrected chi connectivity index (χ4v) is 10.2. The number of hydrogen-bond donors (Lipinski definition) is 0. The second-order valence-electron chi connectivity index (χ2n) is 17.0.